The maximum absolute atomic E-state index is 4.79. The Hall–Kier alpha value is -1.61. The molecule has 1 aliphatic carbocycles. The second kappa shape index (κ2) is 6.90. The van der Waals surface area contributed by atoms with Crippen LogP contribution in [-0.4, -0.2) is 4.57 Å². The maximum Gasteiger partial charge on any atom is 0.190 e. The second-order valence-electron chi connectivity index (χ2n) is 5.62. The summed E-state index contributed by atoms with van der Waals surface area (Å²) in [6.07, 6.45) is 8.89. The van der Waals surface area contributed by atoms with E-state index in [1.165, 1.54) is 37.8 Å². The van der Waals surface area contributed by atoms with E-state index in [1.807, 2.05) is 18.2 Å². The van der Waals surface area contributed by atoms with Crippen LogP contribution in [-0.2, 0) is 6.54 Å². The number of hydrogen-bond donors (Lipinski definition) is 0. The molecule has 0 amide bonds. The molecule has 0 bridgehead atoms. The van der Waals surface area contributed by atoms with E-state index < -0.39 is 0 Å². The van der Waals surface area contributed by atoms with Crippen LogP contribution in [0.15, 0.2) is 52.4 Å². The average molecular weight is 298 g/mol. The Morgan fingerprint density at radius 2 is 2.05 bits per heavy atom. The molecular formula is C18H22N2S. The van der Waals surface area contributed by atoms with Gasteiger partial charge in [-0.3, -0.25) is 0 Å². The molecule has 2 aromatic rings. The van der Waals surface area contributed by atoms with Crippen LogP contribution in [0.2, 0.25) is 0 Å². The van der Waals surface area contributed by atoms with E-state index in [9.17, 15) is 0 Å². The minimum atomic E-state index is 1.03. The smallest absolute Gasteiger partial charge is 0.190 e. The van der Waals surface area contributed by atoms with Crippen LogP contribution in [0.3, 0.4) is 0 Å². The summed E-state index contributed by atoms with van der Waals surface area (Å²) in [5.41, 5.74) is 3.97. The molecule has 1 aromatic carbocycles. The summed E-state index contributed by atoms with van der Waals surface area (Å²) in [7, 11) is 0. The van der Waals surface area contributed by atoms with E-state index in [4.69, 9.17) is 4.99 Å². The lowest BCUT2D eigenvalue weighted by molar-refractivity contribution is 0.608. The van der Waals surface area contributed by atoms with Crippen LogP contribution in [0.25, 0.3) is 0 Å². The first-order chi connectivity index (χ1) is 10.3. The van der Waals surface area contributed by atoms with Crippen molar-refractivity contribution < 1.29 is 0 Å². The molecule has 0 fully saturated rings. The number of allylic oxidation sites excluding steroid dienone is 2. The number of para-hydroxylation sites is 1. The van der Waals surface area contributed by atoms with Gasteiger partial charge in [-0.05, 0) is 51.2 Å². The summed E-state index contributed by atoms with van der Waals surface area (Å²) in [5, 5.41) is 2.21. The molecule has 0 spiro atoms. The third-order valence-corrected chi connectivity index (χ3v) is 5.00. The molecule has 0 unspecified atom stereocenters. The Labute approximate surface area is 130 Å². The van der Waals surface area contributed by atoms with E-state index in [-0.39, 0.29) is 0 Å². The fourth-order valence-corrected chi connectivity index (χ4v) is 3.70. The van der Waals surface area contributed by atoms with Gasteiger partial charge in [0.2, 0.25) is 0 Å². The topological polar surface area (TPSA) is 17.3 Å². The van der Waals surface area contributed by atoms with Crippen molar-refractivity contribution in [1.29, 1.82) is 0 Å². The first-order valence-corrected chi connectivity index (χ1v) is 8.63. The molecule has 110 valence electrons. The predicted octanol–water partition coefficient (Wildman–Crippen LogP) is 4.98. The maximum atomic E-state index is 4.79. The number of aromatic nitrogens is 1. The molecular weight excluding hydrogens is 276 g/mol. The summed E-state index contributed by atoms with van der Waals surface area (Å²) >= 11 is 1.73. The highest BCUT2D eigenvalue weighted by Crippen LogP contribution is 2.21. The minimum absolute atomic E-state index is 1.03. The Morgan fingerprint density at radius 3 is 2.81 bits per heavy atom. The van der Waals surface area contributed by atoms with Crippen molar-refractivity contribution >= 4 is 17.0 Å². The van der Waals surface area contributed by atoms with E-state index in [1.54, 1.807) is 16.9 Å². The molecule has 0 N–H and O–H groups in total. The number of benzene rings is 1. The summed E-state index contributed by atoms with van der Waals surface area (Å²) in [4.78, 5) is 5.89. The lowest BCUT2D eigenvalue weighted by atomic mass is 9.97. The Bertz CT molecular complexity index is 677. The lowest BCUT2D eigenvalue weighted by Gasteiger charge is -2.13. The van der Waals surface area contributed by atoms with E-state index >= 15 is 0 Å². The number of thiazole rings is 1. The molecule has 3 heteroatoms. The SMILES string of the molecule is Cc1csc(=Nc2ccccc2)n1CCC1=CCCCC1. The summed E-state index contributed by atoms with van der Waals surface area (Å²) in [5.74, 6) is 0. The van der Waals surface area contributed by atoms with Crippen LogP contribution in [0, 0.1) is 6.92 Å². The third-order valence-electron chi connectivity index (χ3n) is 4.01. The predicted molar refractivity (Wildman–Crippen MR) is 89.9 cm³/mol. The molecule has 3 rings (SSSR count). The van der Waals surface area contributed by atoms with Crippen molar-refractivity contribution in [3.8, 4) is 0 Å². The Kier molecular flexibility index (Phi) is 4.71. The third kappa shape index (κ3) is 3.73. The number of aryl methyl sites for hydroxylation is 1. The zero-order valence-corrected chi connectivity index (χ0v) is 13.4. The van der Waals surface area contributed by atoms with Gasteiger partial charge in [0.15, 0.2) is 4.80 Å². The van der Waals surface area contributed by atoms with Crippen molar-refractivity contribution in [2.45, 2.75) is 45.6 Å². The van der Waals surface area contributed by atoms with E-state index in [0.717, 1.165) is 17.0 Å². The zero-order valence-electron chi connectivity index (χ0n) is 12.6. The van der Waals surface area contributed by atoms with Gasteiger partial charge >= 0.3 is 0 Å². The van der Waals surface area contributed by atoms with Gasteiger partial charge in [-0.2, -0.15) is 0 Å². The van der Waals surface area contributed by atoms with Gasteiger partial charge in [-0.1, -0.05) is 29.8 Å². The van der Waals surface area contributed by atoms with Crippen LogP contribution in [0.1, 0.15) is 37.8 Å². The molecule has 0 radical (unpaired) electrons. The largest absolute Gasteiger partial charge is 0.321 e. The fraction of sp³-hybridized carbons (Fsp3) is 0.389. The van der Waals surface area contributed by atoms with Crippen molar-refractivity contribution in [3.63, 3.8) is 0 Å². The van der Waals surface area contributed by atoms with Gasteiger partial charge in [0.25, 0.3) is 0 Å². The number of rotatable bonds is 4. The molecule has 1 aliphatic rings. The van der Waals surface area contributed by atoms with Crippen molar-refractivity contribution in [1.82, 2.24) is 4.57 Å². The first kappa shape index (κ1) is 14.3. The lowest BCUT2D eigenvalue weighted by Crippen LogP contribution is -2.16. The first-order valence-electron chi connectivity index (χ1n) is 7.75. The Balaban J connectivity index is 1.80. The summed E-state index contributed by atoms with van der Waals surface area (Å²) in [6.45, 7) is 3.22. The van der Waals surface area contributed by atoms with Crippen molar-refractivity contribution in [3.05, 3.63) is 57.9 Å². The zero-order chi connectivity index (χ0) is 14.5. The van der Waals surface area contributed by atoms with Crippen LogP contribution in [0.5, 0.6) is 0 Å². The molecule has 0 atom stereocenters. The average Bonchev–Trinajstić information content (AvgIpc) is 2.87. The molecule has 21 heavy (non-hydrogen) atoms. The minimum Gasteiger partial charge on any atom is -0.321 e. The molecule has 1 heterocycles. The monoisotopic (exact) mass is 298 g/mol. The highest BCUT2D eigenvalue weighted by atomic mass is 32.1. The number of hydrogen-bond acceptors (Lipinski definition) is 2. The molecule has 0 saturated heterocycles. The van der Waals surface area contributed by atoms with Crippen molar-refractivity contribution in [2.75, 3.05) is 0 Å². The number of nitrogens with zero attached hydrogens (tertiary/aromatic N) is 2. The van der Waals surface area contributed by atoms with Gasteiger partial charge in [0, 0.05) is 17.6 Å². The normalized spacial score (nSPS) is 16.0. The molecule has 2 nitrogen and oxygen atoms in total. The van der Waals surface area contributed by atoms with Gasteiger partial charge in [-0.15, -0.1) is 11.3 Å². The standard InChI is InChI=1S/C18H22N2S/c1-15-14-21-18(19-17-10-6-3-7-11-17)20(15)13-12-16-8-4-2-5-9-16/h3,6-8,10-11,14H,2,4-5,9,12-13H2,1H3. The van der Waals surface area contributed by atoms with Gasteiger partial charge in [-0.25, -0.2) is 4.99 Å². The van der Waals surface area contributed by atoms with Gasteiger partial charge < -0.3 is 4.57 Å². The van der Waals surface area contributed by atoms with Gasteiger partial charge in [0.05, 0.1) is 5.69 Å². The molecule has 0 saturated carbocycles. The van der Waals surface area contributed by atoms with Crippen molar-refractivity contribution in [2.24, 2.45) is 4.99 Å². The van der Waals surface area contributed by atoms with E-state index in [0.29, 0.717) is 0 Å². The highest BCUT2D eigenvalue weighted by molar-refractivity contribution is 7.07. The van der Waals surface area contributed by atoms with E-state index in [2.05, 4.69) is 35.1 Å². The highest BCUT2D eigenvalue weighted by Gasteiger charge is 2.06. The Morgan fingerprint density at radius 1 is 1.19 bits per heavy atom. The quantitative estimate of drug-likeness (QED) is 0.708. The van der Waals surface area contributed by atoms with Gasteiger partial charge in [0.1, 0.15) is 0 Å². The molecule has 1 aromatic heterocycles. The second-order valence-corrected chi connectivity index (χ2v) is 6.45. The van der Waals surface area contributed by atoms with Crippen LogP contribution >= 0.6 is 11.3 Å². The fourth-order valence-electron chi connectivity index (χ4n) is 2.77. The molecule has 0 aliphatic heterocycles. The van der Waals surface area contributed by atoms with Crippen LogP contribution in [0.4, 0.5) is 5.69 Å². The summed E-state index contributed by atoms with van der Waals surface area (Å²) in [6, 6.07) is 10.2. The van der Waals surface area contributed by atoms with Crippen LogP contribution < -0.4 is 4.80 Å². The summed E-state index contributed by atoms with van der Waals surface area (Å²) < 4.78 is 2.35.